The molecule has 0 aromatic rings. The Hall–Kier alpha value is -0.320. The number of hydrogen-bond donors (Lipinski definition) is 8. The van der Waals surface area contributed by atoms with Crippen LogP contribution in [0.2, 0.25) is 0 Å². The zero-order valence-electron chi connectivity index (χ0n) is 10.6. The second-order valence-corrected chi connectivity index (χ2v) is 4.43. The fourth-order valence-corrected chi connectivity index (χ4v) is 0.604. The van der Waals surface area contributed by atoms with Crippen molar-refractivity contribution in [1.82, 2.24) is 0 Å². The molecule has 0 saturated heterocycles. The maximum Gasteiger partial charge on any atom is 0.113 e. The Labute approximate surface area is 105 Å². The van der Waals surface area contributed by atoms with E-state index in [1.54, 1.807) is 0 Å². The van der Waals surface area contributed by atoms with E-state index in [4.69, 9.17) is 40.9 Å². The molecule has 0 amide bonds. The largest absolute Gasteiger partial charge is 0.394 e. The van der Waals surface area contributed by atoms with Crippen molar-refractivity contribution in [3.8, 4) is 0 Å². The van der Waals surface area contributed by atoms with E-state index < -0.39 is 49.8 Å². The van der Waals surface area contributed by atoms with Crippen LogP contribution in [0.15, 0.2) is 0 Å². The van der Waals surface area contributed by atoms with E-state index in [1.807, 2.05) is 0 Å². The standard InChI is InChI=1S/2C5H12O4/c2*1-5(9,3-7)4(8)2-6/h2*4,6-9H,2-3H2,1H3/t2*4-,5+/m11/s1. The molecule has 8 nitrogen and oxygen atoms in total. The topological polar surface area (TPSA) is 162 Å². The minimum atomic E-state index is -1.59. The molecule has 0 rings (SSSR count). The Morgan fingerprint density at radius 2 is 0.944 bits per heavy atom. The fourth-order valence-electron chi connectivity index (χ4n) is 0.604. The Bertz CT molecular complexity index is 184. The number of hydrogen-bond acceptors (Lipinski definition) is 8. The van der Waals surface area contributed by atoms with Gasteiger partial charge in [-0.1, -0.05) is 0 Å². The molecule has 0 aromatic heterocycles. The SMILES string of the molecule is C[C@](O)(CO)[C@H](O)CO.C[C@](O)(CO)[C@H](O)CO. The van der Waals surface area contributed by atoms with Crippen LogP contribution in [0.3, 0.4) is 0 Å². The van der Waals surface area contributed by atoms with E-state index in [0.29, 0.717) is 0 Å². The normalized spacial score (nSPS) is 21.0. The lowest BCUT2D eigenvalue weighted by Crippen LogP contribution is -2.44. The Morgan fingerprint density at radius 1 is 0.722 bits per heavy atom. The first kappa shape index (κ1) is 20.0. The van der Waals surface area contributed by atoms with Crippen molar-refractivity contribution in [1.29, 1.82) is 0 Å². The highest BCUT2D eigenvalue weighted by atomic mass is 16.4. The van der Waals surface area contributed by atoms with Gasteiger partial charge in [-0.15, -0.1) is 0 Å². The molecule has 0 aliphatic heterocycles. The van der Waals surface area contributed by atoms with Gasteiger partial charge in [-0.2, -0.15) is 0 Å². The molecule has 4 atom stereocenters. The molecule has 0 bridgehead atoms. The van der Waals surface area contributed by atoms with Crippen molar-refractivity contribution in [3.05, 3.63) is 0 Å². The molecule has 0 fully saturated rings. The summed E-state index contributed by atoms with van der Waals surface area (Å²) in [6, 6.07) is 0. The molecule has 8 heteroatoms. The number of aliphatic hydroxyl groups is 8. The van der Waals surface area contributed by atoms with Gasteiger partial charge < -0.3 is 40.9 Å². The second-order valence-electron chi connectivity index (χ2n) is 4.43. The van der Waals surface area contributed by atoms with Gasteiger partial charge in [0.1, 0.15) is 23.4 Å². The van der Waals surface area contributed by atoms with Gasteiger partial charge in [0, 0.05) is 0 Å². The Kier molecular flexibility index (Phi) is 9.70. The van der Waals surface area contributed by atoms with Gasteiger partial charge in [0.05, 0.1) is 26.4 Å². The lowest BCUT2D eigenvalue weighted by atomic mass is 10.0. The Morgan fingerprint density at radius 3 is 1.00 bits per heavy atom. The smallest absolute Gasteiger partial charge is 0.113 e. The minimum absolute atomic E-state index is 0.548. The third-order valence-electron chi connectivity index (χ3n) is 2.42. The molecule has 0 radical (unpaired) electrons. The third kappa shape index (κ3) is 7.19. The minimum Gasteiger partial charge on any atom is -0.394 e. The van der Waals surface area contributed by atoms with E-state index in [0.717, 1.165) is 0 Å². The van der Waals surface area contributed by atoms with Crippen molar-refractivity contribution in [2.24, 2.45) is 0 Å². The van der Waals surface area contributed by atoms with Gasteiger partial charge in [-0.05, 0) is 13.8 Å². The van der Waals surface area contributed by atoms with Crippen LogP contribution in [0.5, 0.6) is 0 Å². The first-order valence-corrected chi connectivity index (χ1v) is 5.33. The summed E-state index contributed by atoms with van der Waals surface area (Å²) in [6.45, 7) is 0.270. The van der Waals surface area contributed by atoms with Crippen LogP contribution in [0, 0.1) is 0 Å². The van der Waals surface area contributed by atoms with Crippen LogP contribution >= 0.6 is 0 Å². The molecule has 18 heavy (non-hydrogen) atoms. The van der Waals surface area contributed by atoms with E-state index in [9.17, 15) is 0 Å². The van der Waals surface area contributed by atoms with E-state index in [-0.39, 0.29) is 0 Å². The highest BCUT2D eigenvalue weighted by Gasteiger charge is 2.29. The average molecular weight is 272 g/mol. The van der Waals surface area contributed by atoms with Crippen molar-refractivity contribution < 1.29 is 40.9 Å². The summed E-state index contributed by atoms with van der Waals surface area (Å²) in [7, 11) is 0. The first-order valence-electron chi connectivity index (χ1n) is 5.33. The van der Waals surface area contributed by atoms with Gasteiger partial charge in [0.2, 0.25) is 0 Å². The van der Waals surface area contributed by atoms with Crippen molar-refractivity contribution >= 4 is 0 Å². The molecular weight excluding hydrogens is 248 g/mol. The van der Waals surface area contributed by atoms with Crippen molar-refractivity contribution in [2.45, 2.75) is 37.3 Å². The lowest BCUT2D eigenvalue weighted by Gasteiger charge is -2.24. The summed E-state index contributed by atoms with van der Waals surface area (Å²) in [6.07, 6.45) is -2.55. The average Bonchev–Trinajstić information content (AvgIpc) is 2.37. The van der Waals surface area contributed by atoms with Gasteiger partial charge in [-0.25, -0.2) is 0 Å². The predicted octanol–water partition coefficient (Wildman–Crippen LogP) is -3.83. The molecule has 0 aliphatic rings. The molecule has 0 aliphatic carbocycles. The van der Waals surface area contributed by atoms with E-state index >= 15 is 0 Å². The van der Waals surface area contributed by atoms with Crippen molar-refractivity contribution in [2.75, 3.05) is 26.4 Å². The molecule has 0 spiro atoms. The van der Waals surface area contributed by atoms with Crippen LogP contribution in [-0.2, 0) is 0 Å². The summed E-state index contributed by atoms with van der Waals surface area (Å²) in [5, 5.41) is 68.6. The van der Waals surface area contributed by atoms with Crippen LogP contribution in [0.4, 0.5) is 0 Å². The van der Waals surface area contributed by atoms with E-state index in [1.165, 1.54) is 13.8 Å². The molecule has 112 valence electrons. The number of rotatable bonds is 6. The highest BCUT2D eigenvalue weighted by Crippen LogP contribution is 2.07. The molecule has 0 heterocycles. The third-order valence-corrected chi connectivity index (χ3v) is 2.42. The molecule has 0 saturated carbocycles. The quantitative estimate of drug-likeness (QED) is 0.244. The van der Waals surface area contributed by atoms with Crippen LogP contribution in [0.25, 0.3) is 0 Å². The summed E-state index contributed by atoms with van der Waals surface area (Å²) in [4.78, 5) is 0. The predicted molar refractivity (Wildman–Crippen MR) is 61.6 cm³/mol. The van der Waals surface area contributed by atoms with Gasteiger partial charge in [-0.3, -0.25) is 0 Å². The zero-order valence-corrected chi connectivity index (χ0v) is 10.6. The molecule has 0 aromatic carbocycles. The lowest BCUT2D eigenvalue weighted by molar-refractivity contribution is -0.108. The summed E-state index contributed by atoms with van der Waals surface area (Å²) < 4.78 is 0. The summed E-state index contributed by atoms with van der Waals surface area (Å²) in [5.41, 5.74) is -3.18. The maximum atomic E-state index is 8.93. The summed E-state index contributed by atoms with van der Waals surface area (Å²) in [5.74, 6) is 0. The van der Waals surface area contributed by atoms with Crippen molar-refractivity contribution in [3.63, 3.8) is 0 Å². The maximum absolute atomic E-state index is 8.93. The Balaban J connectivity index is 0. The van der Waals surface area contributed by atoms with Crippen LogP contribution in [0.1, 0.15) is 13.8 Å². The molecule has 0 unspecified atom stereocenters. The number of aliphatic hydroxyl groups excluding tert-OH is 6. The molecular formula is C10H24O8. The van der Waals surface area contributed by atoms with Crippen LogP contribution in [-0.4, -0.2) is 90.7 Å². The second kappa shape index (κ2) is 8.73. The van der Waals surface area contributed by atoms with Crippen LogP contribution < -0.4 is 0 Å². The monoisotopic (exact) mass is 272 g/mol. The fraction of sp³-hybridized carbons (Fsp3) is 1.00. The summed E-state index contributed by atoms with van der Waals surface area (Å²) >= 11 is 0. The van der Waals surface area contributed by atoms with Gasteiger partial charge in [0.15, 0.2) is 0 Å². The molecule has 8 N–H and O–H groups in total. The highest BCUT2D eigenvalue weighted by molar-refractivity contribution is 4.80. The first-order chi connectivity index (χ1) is 8.08. The van der Waals surface area contributed by atoms with E-state index in [2.05, 4.69) is 0 Å². The van der Waals surface area contributed by atoms with Gasteiger partial charge in [0.25, 0.3) is 0 Å². The van der Waals surface area contributed by atoms with Gasteiger partial charge >= 0.3 is 0 Å². The zero-order chi connectivity index (χ0) is 15.0.